The molecule has 3 aliphatic heterocycles. The van der Waals surface area contributed by atoms with Gasteiger partial charge in [0.1, 0.15) is 0 Å². The van der Waals surface area contributed by atoms with Crippen molar-refractivity contribution in [1.82, 2.24) is 30.2 Å². The molecule has 6 rings (SSSR count). The van der Waals surface area contributed by atoms with Crippen LogP contribution in [-0.4, -0.2) is 81.8 Å². The van der Waals surface area contributed by atoms with Crippen LogP contribution in [0.25, 0.3) is 39.3 Å². The molecule has 6 heterocycles. The first kappa shape index (κ1) is 38.6. The number of carbonyl (C=O) groups is 5. The smallest absolute Gasteiger partial charge is 0.310 e. The minimum atomic E-state index is -0.561. The average Bonchev–Trinajstić information content (AvgIpc) is 3.92. The first-order chi connectivity index (χ1) is 26.3. The second-order valence-electron chi connectivity index (χ2n) is 14.0. The fourth-order valence-electron chi connectivity index (χ4n) is 7.73. The summed E-state index contributed by atoms with van der Waals surface area (Å²) in [5.74, 6) is -2.93. The van der Waals surface area contributed by atoms with E-state index in [2.05, 4.69) is 41.8 Å². The molecule has 8 bridgehead atoms. The van der Waals surface area contributed by atoms with Crippen molar-refractivity contribution in [3.8, 4) is 0 Å². The highest BCUT2D eigenvalue weighted by Gasteiger charge is 2.36. The zero-order valence-corrected chi connectivity index (χ0v) is 32.3. The molecule has 0 saturated heterocycles. The van der Waals surface area contributed by atoms with Gasteiger partial charge in [0.05, 0.1) is 43.3 Å². The van der Waals surface area contributed by atoms with E-state index in [-0.39, 0.29) is 55.0 Å². The van der Waals surface area contributed by atoms with Gasteiger partial charge in [-0.25, -0.2) is 4.98 Å². The van der Waals surface area contributed by atoms with Crippen LogP contribution in [0.5, 0.6) is 0 Å². The molecule has 286 valence electrons. The van der Waals surface area contributed by atoms with Crippen LogP contribution in [0, 0.1) is 13.8 Å². The quantitative estimate of drug-likeness (QED) is 0.165. The number of methoxy groups -OCH3 is 2. The minimum Gasteiger partial charge on any atom is -0.469 e. The van der Waals surface area contributed by atoms with Gasteiger partial charge in [0, 0.05) is 82.4 Å². The predicted octanol–water partition coefficient (Wildman–Crippen LogP) is 5.66. The van der Waals surface area contributed by atoms with Crippen LogP contribution in [-0.2, 0) is 46.3 Å². The molecule has 3 aliphatic rings. The van der Waals surface area contributed by atoms with Crippen LogP contribution in [0.15, 0.2) is 36.9 Å². The summed E-state index contributed by atoms with van der Waals surface area (Å²) in [5.41, 5.74) is 10.7. The molecular formula is C42H46N6O7. The van der Waals surface area contributed by atoms with Crippen LogP contribution in [0.4, 0.5) is 0 Å². The highest BCUT2D eigenvalue weighted by molar-refractivity contribution is 6.27. The Hall–Kier alpha value is -6.11. The number of hydrogen-bond acceptors (Lipinski definition) is 9. The number of H-pyrrole nitrogens is 2. The molecular weight excluding hydrogens is 700 g/mol. The van der Waals surface area contributed by atoms with E-state index in [1.165, 1.54) is 26.4 Å². The number of nitrogens with zero attached hydrogens (tertiary/aromatic N) is 3. The van der Waals surface area contributed by atoms with Crippen LogP contribution in [0.3, 0.4) is 0 Å². The normalized spacial score (nSPS) is 16.5. The second-order valence-corrected chi connectivity index (χ2v) is 14.0. The Balaban J connectivity index is 1.68. The maximum Gasteiger partial charge on any atom is 0.310 e. The van der Waals surface area contributed by atoms with Gasteiger partial charge in [-0.05, 0) is 74.1 Å². The van der Waals surface area contributed by atoms with Crippen LogP contribution >= 0.6 is 0 Å². The molecule has 13 heteroatoms. The summed E-state index contributed by atoms with van der Waals surface area (Å²) in [6, 6.07) is 5.96. The highest BCUT2D eigenvalue weighted by Crippen LogP contribution is 2.44. The maximum absolute atomic E-state index is 14.3. The second kappa shape index (κ2) is 15.7. The number of imide groups is 1. The molecule has 0 aromatic carbocycles. The molecule has 0 saturated carbocycles. The van der Waals surface area contributed by atoms with Crippen molar-refractivity contribution in [2.24, 2.45) is 0 Å². The molecule has 0 spiro atoms. The monoisotopic (exact) mass is 746 g/mol. The third-order valence-electron chi connectivity index (χ3n) is 10.9. The van der Waals surface area contributed by atoms with E-state index in [1.807, 2.05) is 32.1 Å². The summed E-state index contributed by atoms with van der Waals surface area (Å²) in [6.45, 7) is 14.0. The Morgan fingerprint density at radius 1 is 0.909 bits per heavy atom. The zero-order valence-electron chi connectivity index (χ0n) is 32.3. The van der Waals surface area contributed by atoms with Crippen molar-refractivity contribution in [1.29, 1.82) is 0 Å². The van der Waals surface area contributed by atoms with E-state index in [9.17, 15) is 24.0 Å². The van der Waals surface area contributed by atoms with Crippen LogP contribution < -0.4 is 5.32 Å². The van der Waals surface area contributed by atoms with E-state index in [4.69, 9.17) is 19.4 Å². The van der Waals surface area contributed by atoms with E-state index < -0.39 is 23.7 Å². The number of rotatable bonds is 11. The van der Waals surface area contributed by atoms with Crippen molar-refractivity contribution in [3.05, 3.63) is 87.5 Å². The molecule has 3 aromatic heterocycles. The summed E-state index contributed by atoms with van der Waals surface area (Å²) in [6.07, 6.45) is 5.13. The number of fused-ring (bicyclic) bond motifs is 8. The van der Waals surface area contributed by atoms with E-state index in [0.29, 0.717) is 34.6 Å². The van der Waals surface area contributed by atoms with Crippen molar-refractivity contribution < 1.29 is 33.4 Å². The largest absolute Gasteiger partial charge is 0.469 e. The van der Waals surface area contributed by atoms with Crippen LogP contribution in [0.2, 0.25) is 0 Å². The molecule has 0 radical (unpaired) electrons. The molecule has 0 fully saturated rings. The highest BCUT2D eigenvalue weighted by atomic mass is 16.5. The number of aromatic nitrogens is 4. The maximum atomic E-state index is 14.3. The third-order valence-corrected chi connectivity index (χ3v) is 10.9. The van der Waals surface area contributed by atoms with Crippen molar-refractivity contribution in [2.45, 2.75) is 72.1 Å². The van der Waals surface area contributed by atoms with E-state index >= 15 is 0 Å². The SMILES string of the molecule is C=Cc1c(C)c2cc3nc(c(CC(=O)OC)c4nc(cc5[nH]c(cc1[nH]2)c(C)c5CC)C(C)=C4C(=O)NCCN1C(=O)C=CC1=O)[C@@H](CCC(=O)OC)[C@@H]3C. The molecule has 13 nitrogen and oxygen atoms in total. The van der Waals surface area contributed by atoms with Gasteiger partial charge < -0.3 is 24.8 Å². The molecule has 2 atom stereocenters. The van der Waals surface area contributed by atoms with E-state index in [0.717, 1.165) is 55.6 Å². The van der Waals surface area contributed by atoms with Crippen molar-refractivity contribution >= 4 is 68.9 Å². The van der Waals surface area contributed by atoms with Gasteiger partial charge >= 0.3 is 11.9 Å². The lowest BCUT2D eigenvalue weighted by Crippen LogP contribution is -2.38. The lowest BCUT2D eigenvalue weighted by atomic mass is 9.84. The Kier molecular flexibility index (Phi) is 11.0. The Morgan fingerprint density at radius 3 is 2.24 bits per heavy atom. The Labute approximate surface area is 318 Å². The van der Waals surface area contributed by atoms with Gasteiger partial charge in [0.2, 0.25) is 0 Å². The lowest BCUT2D eigenvalue weighted by molar-refractivity contribution is -0.141. The molecule has 3 N–H and O–H groups in total. The molecule has 55 heavy (non-hydrogen) atoms. The van der Waals surface area contributed by atoms with Crippen molar-refractivity contribution in [2.75, 3.05) is 27.3 Å². The number of carbonyl (C=O) groups excluding carboxylic acids is 5. The average molecular weight is 747 g/mol. The minimum absolute atomic E-state index is 0.0148. The number of amides is 3. The molecule has 0 unspecified atom stereocenters. The Bertz CT molecular complexity index is 2360. The van der Waals surface area contributed by atoms with Gasteiger partial charge in [-0.2, -0.15) is 0 Å². The van der Waals surface area contributed by atoms with Crippen LogP contribution in [0.1, 0.15) is 96.0 Å². The molecule has 3 amide bonds. The standard InChI is InChI=1S/C42H46N6O7/c1-9-25-21(3)29-18-31-23(5)27(11-14-37(51)54-7)40(46-31)28(17-38(52)55-8)41-39(42(53)43-15-16-48-35(49)12-13-36(48)50)24(6)32(47-41)20-34-26(10-2)22(4)30(45-34)19-33(25)44-29/h9,12-13,18-20,23,27,44-45H,1,10-11,14-17H2,2-8H3,(H,43,53)/t23-,27-/m0/s1. The fraction of sp³-hybridized carbons (Fsp3) is 0.357. The summed E-state index contributed by atoms with van der Waals surface area (Å²) in [4.78, 5) is 82.9. The number of aryl methyl sites for hydroxylation is 3. The van der Waals surface area contributed by atoms with Gasteiger partial charge in [-0.3, -0.25) is 33.9 Å². The third kappa shape index (κ3) is 7.26. The number of esters is 2. The van der Waals surface area contributed by atoms with Gasteiger partial charge in [-0.15, -0.1) is 0 Å². The van der Waals surface area contributed by atoms with Crippen molar-refractivity contribution in [3.63, 3.8) is 0 Å². The Morgan fingerprint density at radius 2 is 1.58 bits per heavy atom. The van der Waals surface area contributed by atoms with E-state index in [1.54, 1.807) is 6.92 Å². The fourth-order valence-corrected chi connectivity index (χ4v) is 7.73. The number of hydrogen-bond donors (Lipinski definition) is 3. The predicted molar refractivity (Wildman–Crippen MR) is 209 cm³/mol. The first-order valence-corrected chi connectivity index (χ1v) is 18.4. The van der Waals surface area contributed by atoms with Gasteiger partial charge in [0.15, 0.2) is 0 Å². The number of nitrogens with one attached hydrogen (secondary N) is 3. The van der Waals surface area contributed by atoms with Gasteiger partial charge in [-0.1, -0.05) is 26.5 Å². The lowest BCUT2D eigenvalue weighted by Gasteiger charge is -2.19. The summed E-state index contributed by atoms with van der Waals surface area (Å²) < 4.78 is 10.2. The number of aromatic amines is 2. The summed E-state index contributed by atoms with van der Waals surface area (Å²) in [5, 5.41) is 2.87. The zero-order chi connectivity index (χ0) is 39.7. The number of allylic oxidation sites excluding steroid dienone is 1. The number of ether oxygens (including phenoxy) is 2. The molecule has 0 aliphatic carbocycles. The first-order valence-electron chi connectivity index (χ1n) is 18.4. The summed E-state index contributed by atoms with van der Waals surface area (Å²) >= 11 is 0. The summed E-state index contributed by atoms with van der Waals surface area (Å²) in [7, 11) is 2.63. The topological polar surface area (TPSA) is 176 Å². The van der Waals surface area contributed by atoms with Gasteiger partial charge in [0.25, 0.3) is 17.7 Å². The molecule has 3 aromatic rings.